The molecule has 0 aromatic heterocycles. The zero-order valence-corrected chi connectivity index (χ0v) is 10.7. The fourth-order valence-corrected chi connectivity index (χ4v) is 2.00. The smallest absolute Gasteiger partial charge is 0.326 e. The SMILES string of the molecule is CSCC[C@@H](NC(=O)CS(C)(=O)=O)C(=O)O. The van der Waals surface area contributed by atoms with E-state index in [0.29, 0.717) is 5.75 Å². The van der Waals surface area contributed by atoms with Crippen LogP contribution in [0.4, 0.5) is 0 Å². The molecule has 0 saturated carbocycles. The Morgan fingerprint density at radius 1 is 1.44 bits per heavy atom. The van der Waals surface area contributed by atoms with Gasteiger partial charge in [0.05, 0.1) is 0 Å². The zero-order chi connectivity index (χ0) is 12.8. The minimum absolute atomic E-state index is 0.270. The zero-order valence-electron chi connectivity index (χ0n) is 9.10. The molecule has 0 aliphatic heterocycles. The van der Waals surface area contributed by atoms with Gasteiger partial charge in [-0.2, -0.15) is 11.8 Å². The van der Waals surface area contributed by atoms with E-state index >= 15 is 0 Å². The largest absolute Gasteiger partial charge is 0.480 e. The molecular formula is C8H15NO5S2. The second kappa shape index (κ2) is 6.74. The van der Waals surface area contributed by atoms with Crippen LogP contribution >= 0.6 is 11.8 Å². The Kier molecular flexibility index (Phi) is 6.42. The van der Waals surface area contributed by atoms with Crippen molar-refractivity contribution >= 4 is 33.5 Å². The van der Waals surface area contributed by atoms with Gasteiger partial charge in [-0.3, -0.25) is 4.79 Å². The van der Waals surface area contributed by atoms with Crippen LogP contribution in [-0.4, -0.2) is 55.5 Å². The number of aliphatic carboxylic acids is 1. The van der Waals surface area contributed by atoms with E-state index in [1.165, 1.54) is 11.8 Å². The Hall–Kier alpha value is -0.760. The summed E-state index contributed by atoms with van der Waals surface area (Å²) in [5.41, 5.74) is 0. The highest BCUT2D eigenvalue weighted by molar-refractivity contribution is 7.98. The second-order valence-electron chi connectivity index (χ2n) is 3.31. The van der Waals surface area contributed by atoms with Crippen LogP contribution in [0.15, 0.2) is 0 Å². The lowest BCUT2D eigenvalue weighted by atomic mass is 10.2. The van der Waals surface area contributed by atoms with Crippen molar-refractivity contribution in [2.45, 2.75) is 12.5 Å². The van der Waals surface area contributed by atoms with Gasteiger partial charge in [-0.15, -0.1) is 0 Å². The molecule has 2 N–H and O–H groups in total. The predicted octanol–water partition coefficient (Wildman–Crippen LogP) is -0.646. The fourth-order valence-electron chi connectivity index (χ4n) is 0.967. The number of sulfone groups is 1. The van der Waals surface area contributed by atoms with Crippen molar-refractivity contribution < 1.29 is 23.1 Å². The van der Waals surface area contributed by atoms with Crippen molar-refractivity contribution in [1.29, 1.82) is 0 Å². The van der Waals surface area contributed by atoms with Crippen molar-refractivity contribution in [3.05, 3.63) is 0 Å². The lowest BCUT2D eigenvalue weighted by Crippen LogP contribution is -2.43. The molecule has 6 nitrogen and oxygen atoms in total. The van der Waals surface area contributed by atoms with E-state index in [1.54, 1.807) is 0 Å². The van der Waals surface area contributed by atoms with E-state index in [0.717, 1.165) is 6.26 Å². The summed E-state index contributed by atoms with van der Waals surface area (Å²) >= 11 is 1.45. The Morgan fingerprint density at radius 3 is 2.38 bits per heavy atom. The standard InChI is InChI=1S/C8H15NO5S2/c1-15-4-3-6(8(11)12)9-7(10)5-16(2,13)14/h6H,3-5H2,1-2H3,(H,9,10)(H,11,12)/t6-/m1/s1. The Labute approximate surface area is 98.7 Å². The van der Waals surface area contributed by atoms with Crippen molar-refractivity contribution in [3.8, 4) is 0 Å². The molecule has 1 amide bonds. The first kappa shape index (κ1) is 15.2. The van der Waals surface area contributed by atoms with E-state index in [-0.39, 0.29) is 6.42 Å². The molecule has 0 bridgehead atoms. The molecule has 0 saturated heterocycles. The van der Waals surface area contributed by atoms with Gasteiger partial charge in [-0.25, -0.2) is 13.2 Å². The van der Waals surface area contributed by atoms with Crippen LogP contribution < -0.4 is 5.32 Å². The Balaban J connectivity index is 4.29. The highest BCUT2D eigenvalue weighted by atomic mass is 32.2. The summed E-state index contributed by atoms with van der Waals surface area (Å²) in [5, 5.41) is 11.0. The van der Waals surface area contributed by atoms with Crippen LogP contribution in [-0.2, 0) is 19.4 Å². The number of nitrogens with one attached hydrogen (secondary N) is 1. The van der Waals surface area contributed by atoms with Gasteiger partial charge in [0.15, 0.2) is 9.84 Å². The third-order valence-corrected chi connectivity index (χ3v) is 3.07. The van der Waals surface area contributed by atoms with Crippen LogP contribution in [0, 0.1) is 0 Å². The third kappa shape index (κ3) is 7.52. The van der Waals surface area contributed by atoms with Crippen molar-refractivity contribution in [2.75, 3.05) is 24.0 Å². The summed E-state index contributed by atoms with van der Waals surface area (Å²) in [5.74, 6) is -2.04. The van der Waals surface area contributed by atoms with E-state index in [2.05, 4.69) is 5.32 Å². The molecule has 0 aromatic rings. The summed E-state index contributed by atoms with van der Waals surface area (Å²) < 4.78 is 21.6. The number of carbonyl (C=O) groups is 2. The molecule has 0 unspecified atom stereocenters. The van der Waals surface area contributed by atoms with Crippen molar-refractivity contribution in [1.82, 2.24) is 5.32 Å². The van der Waals surface area contributed by atoms with Gasteiger partial charge in [-0.05, 0) is 18.4 Å². The number of rotatable bonds is 7. The molecular weight excluding hydrogens is 254 g/mol. The maximum Gasteiger partial charge on any atom is 0.326 e. The number of hydrogen-bond acceptors (Lipinski definition) is 5. The lowest BCUT2D eigenvalue weighted by Gasteiger charge is -2.13. The van der Waals surface area contributed by atoms with E-state index in [4.69, 9.17) is 5.11 Å². The number of thioether (sulfide) groups is 1. The average Bonchev–Trinajstić information content (AvgIpc) is 2.08. The predicted molar refractivity (Wildman–Crippen MR) is 62.3 cm³/mol. The third-order valence-electron chi connectivity index (χ3n) is 1.64. The number of hydrogen-bond donors (Lipinski definition) is 2. The highest BCUT2D eigenvalue weighted by Gasteiger charge is 2.21. The van der Waals surface area contributed by atoms with Crippen molar-refractivity contribution in [2.24, 2.45) is 0 Å². The molecule has 0 aliphatic carbocycles. The fraction of sp³-hybridized carbons (Fsp3) is 0.750. The van der Waals surface area contributed by atoms with Crippen LogP contribution in [0.3, 0.4) is 0 Å². The lowest BCUT2D eigenvalue weighted by molar-refractivity contribution is -0.141. The topological polar surface area (TPSA) is 101 Å². The highest BCUT2D eigenvalue weighted by Crippen LogP contribution is 2.01. The maximum atomic E-state index is 11.2. The summed E-state index contributed by atoms with van der Waals surface area (Å²) in [7, 11) is -3.43. The van der Waals surface area contributed by atoms with Gasteiger partial charge in [0.2, 0.25) is 5.91 Å². The summed E-state index contributed by atoms with van der Waals surface area (Å²) in [4.78, 5) is 21.9. The molecule has 0 aliphatic rings. The molecule has 0 aromatic carbocycles. The summed E-state index contributed by atoms with van der Waals surface area (Å²) in [6, 6.07) is -1.03. The first-order valence-corrected chi connectivity index (χ1v) is 7.90. The number of amides is 1. The molecule has 8 heteroatoms. The summed E-state index contributed by atoms with van der Waals surface area (Å²) in [6.07, 6.45) is 3.01. The van der Waals surface area contributed by atoms with E-state index in [9.17, 15) is 18.0 Å². The Morgan fingerprint density at radius 2 is 2.00 bits per heavy atom. The number of carbonyl (C=O) groups excluding carboxylic acids is 1. The van der Waals surface area contributed by atoms with Crippen LogP contribution in [0.25, 0.3) is 0 Å². The van der Waals surface area contributed by atoms with Gasteiger partial charge in [-0.1, -0.05) is 0 Å². The van der Waals surface area contributed by atoms with E-state index in [1.807, 2.05) is 6.26 Å². The van der Waals surface area contributed by atoms with Gasteiger partial charge >= 0.3 is 5.97 Å². The van der Waals surface area contributed by atoms with Gasteiger partial charge in [0.1, 0.15) is 11.8 Å². The van der Waals surface area contributed by atoms with Gasteiger partial charge < -0.3 is 10.4 Å². The molecule has 16 heavy (non-hydrogen) atoms. The van der Waals surface area contributed by atoms with E-state index < -0.39 is 33.5 Å². The normalized spacial score (nSPS) is 13.1. The van der Waals surface area contributed by atoms with Crippen molar-refractivity contribution in [3.63, 3.8) is 0 Å². The van der Waals surface area contributed by atoms with Gasteiger partial charge in [0, 0.05) is 6.26 Å². The summed E-state index contributed by atoms with van der Waals surface area (Å²) in [6.45, 7) is 0. The molecule has 0 heterocycles. The molecule has 0 radical (unpaired) electrons. The average molecular weight is 269 g/mol. The number of carboxylic acids is 1. The molecule has 0 fully saturated rings. The molecule has 0 rings (SSSR count). The van der Waals surface area contributed by atoms with Crippen LogP contribution in [0.2, 0.25) is 0 Å². The van der Waals surface area contributed by atoms with Gasteiger partial charge in [0.25, 0.3) is 0 Å². The first-order valence-electron chi connectivity index (χ1n) is 4.45. The minimum Gasteiger partial charge on any atom is -0.480 e. The molecule has 1 atom stereocenters. The molecule has 0 spiro atoms. The maximum absolute atomic E-state index is 11.2. The monoisotopic (exact) mass is 269 g/mol. The minimum atomic E-state index is -3.43. The first-order chi connectivity index (χ1) is 7.26. The second-order valence-corrected chi connectivity index (χ2v) is 6.44. The molecule has 94 valence electrons. The number of carboxylic acid groups (broad SMARTS) is 1. The van der Waals surface area contributed by atoms with Crippen LogP contribution in [0.1, 0.15) is 6.42 Å². The quantitative estimate of drug-likeness (QED) is 0.637. The Bertz CT molecular complexity index is 351. The van der Waals surface area contributed by atoms with Crippen LogP contribution in [0.5, 0.6) is 0 Å².